The number of hydrogen-bond donors (Lipinski definition) is 2. The van der Waals surface area contributed by atoms with Crippen LogP contribution in [-0.2, 0) is 20.0 Å². The second kappa shape index (κ2) is 10.5. The molecule has 8 heteroatoms. The highest BCUT2D eigenvalue weighted by Gasteiger charge is 2.17. The van der Waals surface area contributed by atoms with Crippen molar-refractivity contribution >= 4 is 20.0 Å². The molecule has 0 fully saturated rings. The zero-order chi connectivity index (χ0) is 22.4. The van der Waals surface area contributed by atoms with E-state index in [1.54, 1.807) is 26.0 Å². The lowest BCUT2D eigenvalue weighted by Crippen LogP contribution is -2.26. The molecule has 0 atom stereocenters. The van der Waals surface area contributed by atoms with Gasteiger partial charge < -0.3 is 0 Å². The van der Waals surface area contributed by atoms with Gasteiger partial charge in [0.1, 0.15) is 0 Å². The maximum absolute atomic E-state index is 12.4. The molecule has 0 saturated carbocycles. The first kappa shape index (κ1) is 24.5. The maximum Gasteiger partial charge on any atom is 0.240 e. The minimum atomic E-state index is -3.51. The second-order valence-corrected chi connectivity index (χ2v) is 11.2. The largest absolute Gasteiger partial charge is 0.240 e. The number of aryl methyl sites for hydroxylation is 4. The Balaban J connectivity index is 1.71. The van der Waals surface area contributed by atoms with Crippen LogP contribution in [0, 0.1) is 27.7 Å². The van der Waals surface area contributed by atoms with Crippen LogP contribution < -0.4 is 9.44 Å². The Labute approximate surface area is 181 Å². The topological polar surface area (TPSA) is 92.3 Å². The van der Waals surface area contributed by atoms with Crippen molar-refractivity contribution in [3.05, 3.63) is 58.7 Å². The number of benzene rings is 2. The highest BCUT2D eigenvalue weighted by Crippen LogP contribution is 2.17. The average Bonchev–Trinajstić information content (AvgIpc) is 2.67. The van der Waals surface area contributed by atoms with Gasteiger partial charge in [0.15, 0.2) is 0 Å². The van der Waals surface area contributed by atoms with Gasteiger partial charge in [-0.05, 0) is 74.9 Å². The molecule has 0 bridgehead atoms. The quantitative estimate of drug-likeness (QED) is 0.508. The van der Waals surface area contributed by atoms with Crippen molar-refractivity contribution in [3.63, 3.8) is 0 Å². The van der Waals surface area contributed by atoms with Crippen LogP contribution >= 0.6 is 0 Å². The molecule has 0 unspecified atom stereocenters. The van der Waals surface area contributed by atoms with Crippen molar-refractivity contribution in [2.24, 2.45) is 0 Å². The van der Waals surface area contributed by atoms with Crippen molar-refractivity contribution in [2.45, 2.75) is 63.2 Å². The van der Waals surface area contributed by atoms with E-state index in [0.717, 1.165) is 35.1 Å². The molecule has 0 aliphatic carbocycles. The summed E-state index contributed by atoms with van der Waals surface area (Å²) in [6.45, 7) is 8.04. The molecule has 0 saturated heterocycles. The molecule has 166 valence electrons. The number of rotatable bonds is 11. The molecule has 0 aromatic heterocycles. The van der Waals surface area contributed by atoms with Crippen LogP contribution in [0.5, 0.6) is 0 Å². The van der Waals surface area contributed by atoms with E-state index in [1.165, 1.54) is 0 Å². The molecule has 30 heavy (non-hydrogen) atoms. The normalized spacial score (nSPS) is 12.3. The Morgan fingerprint density at radius 2 is 0.967 bits per heavy atom. The average molecular weight is 453 g/mol. The minimum absolute atomic E-state index is 0.323. The molecular weight excluding hydrogens is 420 g/mol. The molecule has 0 aliphatic rings. The first-order valence-electron chi connectivity index (χ1n) is 10.2. The van der Waals surface area contributed by atoms with E-state index in [0.29, 0.717) is 35.7 Å². The van der Waals surface area contributed by atoms with Crippen molar-refractivity contribution in [3.8, 4) is 0 Å². The molecule has 0 spiro atoms. The Kier molecular flexibility index (Phi) is 8.61. The van der Waals surface area contributed by atoms with E-state index in [-0.39, 0.29) is 0 Å². The molecule has 2 aromatic carbocycles. The SMILES string of the molecule is Cc1ccc(C)c(S(=O)(=O)NCCCCCCNS(=O)(=O)c2cc(C)ccc2C)c1. The van der Waals surface area contributed by atoms with Crippen LogP contribution in [0.1, 0.15) is 47.9 Å². The summed E-state index contributed by atoms with van der Waals surface area (Å²) in [5.41, 5.74) is 3.27. The van der Waals surface area contributed by atoms with E-state index in [1.807, 2.05) is 38.1 Å². The number of hydrogen-bond acceptors (Lipinski definition) is 4. The Morgan fingerprint density at radius 1 is 0.600 bits per heavy atom. The van der Waals surface area contributed by atoms with Crippen LogP contribution in [0.2, 0.25) is 0 Å². The fraction of sp³-hybridized carbons (Fsp3) is 0.455. The molecule has 0 amide bonds. The fourth-order valence-corrected chi connectivity index (χ4v) is 5.97. The van der Waals surface area contributed by atoms with Gasteiger partial charge in [-0.3, -0.25) is 0 Å². The molecule has 0 aliphatic heterocycles. The summed E-state index contributed by atoms with van der Waals surface area (Å²) in [7, 11) is -7.02. The Bertz CT molecular complexity index is 991. The number of nitrogens with one attached hydrogen (secondary N) is 2. The highest BCUT2D eigenvalue weighted by molar-refractivity contribution is 7.89. The number of unbranched alkanes of at least 4 members (excludes halogenated alkanes) is 3. The van der Waals surface area contributed by atoms with Crippen LogP contribution in [0.15, 0.2) is 46.2 Å². The fourth-order valence-electron chi connectivity index (χ4n) is 3.17. The van der Waals surface area contributed by atoms with Gasteiger partial charge in [-0.1, -0.05) is 37.1 Å². The molecule has 2 aromatic rings. The summed E-state index contributed by atoms with van der Waals surface area (Å²) in [5.74, 6) is 0. The lowest BCUT2D eigenvalue weighted by atomic mass is 10.2. The summed E-state index contributed by atoms with van der Waals surface area (Å²) in [6.07, 6.45) is 3.04. The lowest BCUT2D eigenvalue weighted by molar-refractivity contribution is 0.562. The summed E-state index contributed by atoms with van der Waals surface area (Å²) in [5, 5.41) is 0. The highest BCUT2D eigenvalue weighted by atomic mass is 32.2. The van der Waals surface area contributed by atoms with Gasteiger partial charge in [-0.2, -0.15) is 0 Å². The van der Waals surface area contributed by atoms with Crippen LogP contribution in [0.25, 0.3) is 0 Å². The van der Waals surface area contributed by atoms with E-state index in [9.17, 15) is 16.8 Å². The van der Waals surface area contributed by atoms with Crippen LogP contribution in [0.4, 0.5) is 0 Å². The summed E-state index contributed by atoms with van der Waals surface area (Å²) in [4.78, 5) is 0.645. The van der Waals surface area contributed by atoms with Crippen LogP contribution in [-0.4, -0.2) is 29.9 Å². The Hall–Kier alpha value is -1.74. The van der Waals surface area contributed by atoms with Crippen molar-refractivity contribution in [2.75, 3.05) is 13.1 Å². The monoisotopic (exact) mass is 452 g/mol. The minimum Gasteiger partial charge on any atom is -0.211 e. The lowest BCUT2D eigenvalue weighted by Gasteiger charge is -2.11. The Morgan fingerprint density at radius 3 is 1.33 bits per heavy atom. The van der Waals surface area contributed by atoms with Gasteiger partial charge >= 0.3 is 0 Å². The number of sulfonamides is 2. The molecule has 2 rings (SSSR count). The summed E-state index contributed by atoms with van der Waals surface area (Å²) in [6, 6.07) is 10.8. The van der Waals surface area contributed by atoms with Crippen molar-refractivity contribution < 1.29 is 16.8 Å². The zero-order valence-corrected chi connectivity index (χ0v) is 19.8. The standard InChI is InChI=1S/C22H32N2O4S2/c1-17-9-11-19(3)21(15-17)29(25,26)23-13-7-5-6-8-14-24-30(27,28)22-16-18(2)10-12-20(22)4/h9-12,15-16,23-24H,5-8,13-14H2,1-4H3. The van der Waals surface area contributed by atoms with Crippen molar-refractivity contribution in [1.29, 1.82) is 0 Å². The third kappa shape index (κ3) is 6.91. The smallest absolute Gasteiger partial charge is 0.211 e. The van der Waals surface area contributed by atoms with E-state index in [4.69, 9.17) is 0 Å². The van der Waals surface area contributed by atoms with E-state index in [2.05, 4.69) is 9.44 Å². The molecular formula is C22H32N2O4S2. The molecule has 0 heterocycles. The zero-order valence-electron chi connectivity index (χ0n) is 18.2. The van der Waals surface area contributed by atoms with Gasteiger partial charge in [0.2, 0.25) is 20.0 Å². The third-order valence-corrected chi connectivity index (χ3v) is 8.16. The van der Waals surface area contributed by atoms with Gasteiger partial charge in [-0.15, -0.1) is 0 Å². The van der Waals surface area contributed by atoms with Crippen molar-refractivity contribution in [1.82, 2.24) is 9.44 Å². The van der Waals surface area contributed by atoms with Gasteiger partial charge in [-0.25, -0.2) is 26.3 Å². The molecule has 0 radical (unpaired) electrons. The van der Waals surface area contributed by atoms with Gasteiger partial charge in [0, 0.05) is 13.1 Å². The first-order chi connectivity index (χ1) is 14.0. The predicted octanol–water partition coefficient (Wildman–Crippen LogP) is 3.74. The second-order valence-electron chi connectivity index (χ2n) is 7.75. The third-order valence-electron chi connectivity index (χ3n) is 4.95. The molecule has 6 nitrogen and oxygen atoms in total. The van der Waals surface area contributed by atoms with E-state index >= 15 is 0 Å². The maximum atomic E-state index is 12.4. The predicted molar refractivity (Wildman–Crippen MR) is 121 cm³/mol. The van der Waals surface area contributed by atoms with Crippen LogP contribution in [0.3, 0.4) is 0 Å². The summed E-state index contributed by atoms with van der Waals surface area (Å²) < 4.78 is 55.1. The molecule has 2 N–H and O–H groups in total. The summed E-state index contributed by atoms with van der Waals surface area (Å²) >= 11 is 0. The van der Waals surface area contributed by atoms with Gasteiger partial charge in [0.05, 0.1) is 9.79 Å². The van der Waals surface area contributed by atoms with E-state index < -0.39 is 20.0 Å². The van der Waals surface area contributed by atoms with Gasteiger partial charge in [0.25, 0.3) is 0 Å². The first-order valence-corrected chi connectivity index (χ1v) is 13.1.